The minimum Gasteiger partial charge on any atom is -0.424 e. The van der Waals surface area contributed by atoms with Gasteiger partial charge in [-0.05, 0) is 12.1 Å². The summed E-state index contributed by atoms with van der Waals surface area (Å²) in [4.78, 5) is 18.7. The van der Waals surface area contributed by atoms with Gasteiger partial charge in [0.2, 0.25) is 0 Å². The topological polar surface area (TPSA) is 52.1 Å². The van der Waals surface area contributed by atoms with Gasteiger partial charge in [-0.2, -0.15) is 0 Å². The Morgan fingerprint density at radius 3 is 2.93 bits per heavy atom. The number of aromatic nitrogens is 2. The zero-order valence-corrected chi connectivity index (χ0v) is 8.65. The lowest BCUT2D eigenvalue weighted by atomic mass is 10.2. The molecule has 0 aliphatic rings. The quantitative estimate of drug-likeness (QED) is 0.422. The van der Waals surface area contributed by atoms with Crippen molar-refractivity contribution in [1.82, 2.24) is 9.97 Å². The van der Waals surface area contributed by atoms with Crippen molar-refractivity contribution in [3.63, 3.8) is 0 Å². The largest absolute Gasteiger partial charge is 0.424 e. The molecule has 0 amide bonds. The van der Waals surface area contributed by atoms with E-state index in [2.05, 4.69) is 9.97 Å². The molecule has 0 atom stereocenters. The summed E-state index contributed by atoms with van der Waals surface area (Å²) in [6.07, 6.45) is 1.33. The first kappa shape index (κ1) is 9.86. The molecule has 0 saturated heterocycles. The molecule has 0 N–H and O–H groups in total. The van der Waals surface area contributed by atoms with E-state index in [1.165, 1.54) is 13.3 Å². The molecule has 0 bridgehead atoms. The third kappa shape index (κ3) is 1.89. The number of benzene rings is 1. The van der Waals surface area contributed by atoms with E-state index >= 15 is 0 Å². The molecule has 0 saturated carbocycles. The van der Waals surface area contributed by atoms with Crippen molar-refractivity contribution in [2.45, 2.75) is 6.92 Å². The van der Waals surface area contributed by atoms with Crippen molar-refractivity contribution >= 4 is 28.5 Å². The van der Waals surface area contributed by atoms with Crippen LogP contribution in [0.4, 0.5) is 0 Å². The highest BCUT2D eigenvalue weighted by Crippen LogP contribution is 2.26. The number of ether oxygens (including phenoxy) is 1. The Labute approximate surface area is 90.9 Å². The van der Waals surface area contributed by atoms with Crippen LogP contribution >= 0.6 is 11.6 Å². The number of para-hydroxylation sites is 1. The van der Waals surface area contributed by atoms with Crippen LogP contribution in [-0.2, 0) is 4.79 Å². The van der Waals surface area contributed by atoms with E-state index in [0.29, 0.717) is 21.8 Å². The number of hydrogen-bond acceptors (Lipinski definition) is 4. The number of carbonyl (C=O) groups is 1. The van der Waals surface area contributed by atoms with Crippen LogP contribution in [0, 0.1) is 0 Å². The molecular formula is C10H7ClN2O2. The van der Waals surface area contributed by atoms with E-state index in [1.54, 1.807) is 18.2 Å². The third-order valence-electron chi connectivity index (χ3n) is 1.83. The maximum absolute atomic E-state index is 10.8. The lowest BCUT2D eigenvalue weighted by Gasteiger charge is -2.04. The Hall–Kier alpha value is -1.68. The van der Waals surface area contributed by atoms with Crippen molar-refractivity contribution in [1.29, 1.82) is 0 Å². The second kappa shape index (κ2) is 3.82. The van der Waals surface area contributed by atoms with E-state index < -0.39 is 5.97 Å². The molecule has 2 rings (SSSR count). The molecule has 0 aliphatic carbocycles. The number of halogens is 1. The summed E-state index contributed by atoms with van der Waals surface area (Å²) in [6.45, 7) is 1.33. The SMILES string of the molecule is CC(=O)Oc1cccc2c(Cl)ncnc12. The summed E-state index contributed by atoms with van der Waals surface area (Å²) in [5.74, 6) is 0.00142. The molecular weight excluding hydrogens is 216 g/mol. The minimum absolute atomic E-state index is 0.342. The highest BCUT2D eigenvalue weighted by molar-refractivity contribution is 6.34. The zero-order valence-electron chi connectivity index (χ0n) is 7.90. The van der Waals surface area contributed by atoms with E-state index in [9.17, 15) is 4.79 Å². The molecule has 15 heavy (non-hydrogen) atoms. The van der Waals surface area contributed by atoms with Crippen LogP contribution in [0.2, 0.25) is 5.15 Å². The summed E-state index contributed by atoms with van der Waals surface area (Å²) in [7, 11) is 0. The average Bonchev–Trinajstić information content (AvgIpc) is 2.19. The first-order chi connectivity index (χ1) is 7.18. The molecule has 4 nitrogen and oxygen atoms in total. The van der Waals surface area contributed by atoms with Crippen molar-refractivity contribution in [2.75, 3.05) is 0 Å². The van der Waals surface area contributed by atoms with E-state index in [1.807, 2.05) is 0 Å². The molecule has 0 unspecified atom stereocenters. The van der Waals surface area contributed by atoms with Gasteiger partial charge in [-0.25, -0.2) is 9.97 Å². The summed E-state index contributed by atoms with van der Waals surface area (Å²) >= 11 is 5.87. The first-order valence-electron chi connectivity index (χ1n) is 4.26. The lowest BCUT2D eigenvalue weighted by molar-refractivity contribution is -0.131. The number of esters is 1. The molecule has 0 spiro atoms. The summed E-state index contributed by atoms with van der Waals surface area (Å²) < 4.78 is 4.99. The van der Waals surface area contributed by atoms with Crippen LogP contribution < -0.4 is 4.74 Å². The fourth-order valence-electron chi connectivity index (χ4n) is 1.27. The van der Waals surface area contributed by atoms with Crippen LogP contribution in [0.3, 0.4) is 0 Å². The number of nitrogens with zero attached hydrogens (tertiary/aromatic N) is 2. The van der Waals surface area contributed by atoms with Gasteiger partial charge in [0.15, 0.2) is 5.75 Å². The fraction of sp³-hybridized carbons (Fsp3) is 0.100. The van der Waals surface area contributed by atoms with Crippen LogP contribution in [0.5, 0.6) is 5.75 Å². The van der Waals surface area contributed by atoms with Crippen molar-refractivity contribution in [3.05, 3.63) is 29.7 Å². The normalized spacial score (nSPS) is 10.3. The van der Waals surface area contributed by atoms with Gasteiger partial charge in [-0.3, -0.25) is 4.79 Å². The van der Waals surface area contributed by atoms with Crippen LogP contribution in [0.25, 0.3) is 10.9 Å². The second-order valence-corrected chi connectivity index (χ2v) is 3.27. The molecule has 2 aromatic rings. The minimum atomic E-state index is -0.391. The zero-order chi connectivity index (χ0) is 10.8. The van der Waals surface area contributed by atoms with Crippen LogP contribution in [0.1, 0.15) is 6.92 Å². The Morgan fingerprint density at radius 1 is 1.40 bits per heavy atom. The fourth-order valence-corrected chi connectivity index (χ4v) is 1.46. The molecule has 0 radical (unpaired) electrons. The Morgan fingerprint density at radius 2 is 2.20 bits per heavy atom. The smallest absolute Gasteiger partial charge is 0.308 e. The van der Waals surface area contributed by atoms with Crippen molar-refractivity contribution in [2.24, 2.45) is 0 Å². The van der Waals surface area contributed by atoms with Gasteiger partial charge in [0.05, 0.1) is 0 Å². The van der Waals surface area contributed by atoms with Gasteiger partial charge in [0.25, 0.3) is 0 Å². The second-order valence-electron chi connectivity index (χ2n) is 2.91. The maximum Gasteiger partial charge on any atom is 0.308 e. The molecule has 1 heterocycles. The summed E-state index contributed by atoms with van der Waals surface area (Å²) in [5, 5.41) is 1.01. The van der Waals surface area contributed by atoms with Gasteiger partial charge < -0.3 is 4.74 Å². The maximum atomic E-state index is 10.8. The van der Waals surface area contributed by atoms with E-state index in [4.69, 9.17) is 16.3 Å². The molecule has 1 aromatic heterocycles. The predicted molar refractivity (Wildman–Crippen MR) is 55.9 cm³/mol. The van der Waals surface area contributed by atoms with Crippen LogP contribution in [-0.4, -0.2) is 15.9 Å². The molecule has 0 aliphatic heterocycles. The monoisotopic (exact) mass is 222 g/mol. The van der Waals surface area contributed by atoms with Gasteiger partial charge in [-0.15, -0.1) is 0 Å². The van der Waals surface area contributed by atoms with Gasteiger partial charge in [-0.1, -0.05) is 17.7 Å². The predicted octanol–water partition coefficient (Wildman–Crippen LogP) is 2.21. The molecule has 76 valence electrons. The lowest BCUT2D eigenvalue weighted by Crippen LogP contribution is -2.02. The average molecular weight is 223 g/mol. The van der Waals surface area contributed by atoms with E-state index in [-0.39, 0.29) is 0 Å². The molecule has 1 aromatic carbocycles. The highest BCUT2D eigenvalue weighted by Gasteiger charge is 2.08. The third-order valence-corrected chi connectivity index (χ3v) is 2.13. The standard InChI is InChI=1S/C10H7ClN2O2/c1-6(14)15-8-4-2-3-7-9(8)12-5-13-10(7)11/h2-5H,1H3. The number of hydrogen-bond donors (Lipinski definition) is 0. The van der Waals surface area contributed by atoms with Crippen LogP contribution in [0.15, 0.2) is 24.5 Å². The van der Waals surface area contributed by atoms with Gasteiger partial charge >= 0.3 is 5.97 Å². The number of fused-ring (bicyclic) bond motifs is 1. The van der Waals surface area contributed by atoms with E-state index in [0.717, 1.165) is 0 Å². The first-order valence-corrected chi connectivity index (χ1v) is 4.64. The highest BCUT2D eigenvalue weighted by atomic mass is 35.5. The Kier molecular flexibility index (Phi) is 2.51. The number of carbonyl (C=O) groups excluding carboxylic acids is 1. The number of rotatable bonds is 1. The summed E-state index contributed by atoms with van der Waals surface area (Å²) in [6, 6.07) is 5.16. The molecule has 5 heteroatoms. The van der Waals surface area contributed by atoms with Gasteiger partial charge in [0, 0.05) is 12.3 Å². The Bertz CT molecular complexity index is 528. The Balaban J connectivity index is 2.65. The van der Waals surface area contributed by atoms with Gasteiger partial charge in [0.1, 0.15) is 17.0 Å². The molecule has 0 fully saturated rings. The van der Waals surface area contributed by atoms with Crippen molar-refractivity contribution in [3.8, 4) is 5.75 Å². The summed E-state index contributed by atoms with van der Waals surface area (Å²) in [5.41, 5.74) is 0.535. The van der Waals surface area contributed by atoms with Crippen molar-refractivity contribution < 1.29 is 9.53 Å².